The van der Waals surface area contributed by atoms with Crippen molar-refractivity contribution < 1.29 is 18.3 Å². The van der Waals surface area contributed by atoms with Crippen molar-refractivity contribution in [2.24, 2.45) is 10.9 Å². The van der Waals surface area contributed by atoms with Gasteiger partial charge in [-0.2, -0.15) is 13.9 Å². The van der Waals surface area contributed by atoms with Crippen molar-refractivity contribution in [3.63, 3.8) is 0 Å². The van der Waals surface area contributed by atoms with Gasteiger partial charge in [-0.25, -0.2) is 4.99 Å². The SMILES string of the molecule is CCNC(=NCc1cc(OC)ccc1OC(F)F)NCC(C)Cn1cccn1. The number of hydrogen-bond acceptors (Lipinski definition) is 4. The highest BCUT2D eigenvalue weighted by atomic mass is 19.3. The highest BCUT2D eigenvalue weighted by Gasteiger charge is 2.11. The molecule has 0 radical (unpaired) electrons. The first-order chi connectivity index (χ1) is 13.5. The first-order valence-corrected chi connectivity index (χ1v) is 9.13. The van der Waals surface area contributed by atoms with Gasteiger partial charge in [0.05, 0.1) is 13.7 Å². The van der Waals surface area contributed by atoms with Crippen molar-refractivity contribution in [3.8, 4) is 11.5 Å². The molecule has 154 valence electrons. The van der Waals surface area contributed by atoms with Crippen LogP contribution in [0.3, 0.4) is 0 Å². The summed E-state index contributed by atoms with van der Waals surface area (Å²) in [6.07, 6.45) is 3.67. The van der Waals surface area contributed by atoms with E-state index in [0.717, 1.165) is 6.54 Å². The Kier molecular flexibility index (Phi) is 8.51. The summed E-state index contributed by atoms with van der Waals surface area (Å²) in [5.74, 6) is 1.55. The van der Waals surface area contributed by atoms with Crippen LogP contribution in [-0.4, -0.2) is 42.6 Å². The average molecular weight is 395 g/mol. The molecule has 0 aliphatic heterocycles. The Balaban J connectivity index is 2.02. The predicted molar refractivity (Wildman–Crippen MR) is 104 cm³/mol. The fourth-order valence-corrected chi connectivity index (χ4v) is 2.59. The zero-order valence-corrected chi connectivity index (χ0v) is 16.4. The lowest BCUT2D eigenvalue weighted by atomic mass is 10.2. The molecule has 2 rings (SSSR count). The summed E-state index contributed by atoms with van der Waals surface area (Å²) in [6, 6.07) is 6.57. The molecule has 2 N–H and O–H groups in total. The maximum atomic E-state index is 12.6. The fourth-order valence-electron chi connectivity index (χ4n) is 2.59. The summed E-state index contributed by atoms with van der Waals surface area (Å²) in [5.41, 5.74) is 0.515. The Hall–Kier alpha value is -2.84. The van der Waals surface area contributed by atoms with Gasteiger partial charge in [0.1, 0.15) is 11.5 Å². The number of nitrogens with zero attached hydrogens (tertiary/aromatic N) is 3. The minimum atomic E-state index is -2.90. The number of aliphatic imine (C=N–C) groups is 1. The monoisotopic (exact) mass is 395 g/mol. The molecule has 7 nitrogen and oxygen atoms in total. The van der Waals surface area contributed by atoms with Crippen LogP contribution in [-0.2, 0) is 13.1 Å². The summed E-state index contributed by atoms with van der Waals surface area (Å²) in [4.78, 5) is 4.49. The van der Waals surface area contributed by atoms with Gasteiger partial charge in [-0.05, 0) is 37.1 Å². The van der Waals surface area contributed by atoms with E-state index in [2.05, 4.69) is 32.4 Å². The Bertz CT molecular complexity index is 738. The number of nitrogens with one attached hydrogen (secondary N) is 2. The number of aromatic nitrogens is 2. The van der Waals surface area contributed by atoms with Gasteiger partial charge in [0.15, 0.2) is 5.96 Å². The van der Waals surface area contributed by atoms with Gasteiger partial charge in [0.2, 0.25) is 0 Å². The van der Waals surface area contributed by atoms with Crippen molar-refractivity contribution in [2.45, 2.75) is 33.5 Å². The molecule has 2 aromatic rings. The van der Waals surface area contributed by atoms with Crippen LogP contribution >= 0.6 is 0 Å². The van der Waals surface area contributed by atoms with E-state index in [1.54, 1.807) is 18.3 Å². The number of benzene rings is 1. The second kappa shape index (κ2) is 11.1. The summed E-state index contributed by atoms with van der Waals surface area (Å²) < 4.78 is 36.9. The largest absolute Gasteiger partial charge is 0.497 e. The molecule has 0 saturated heterocycles. The molecular formula is C19H27F2N5O2. The molecule has 0 aliphatic rings. The van der Waals surface area contributed by atoms with Crippen molar-refractivity contribution in [1.29, 1.82) is 0 Å². The summed E-state index contributed by atoms with van der Waals surface area (Å²) >= 11 is 0. The van der Waals surface area contributed by atoms with Gasteiger partial charge >= 0.3 is 6.61 Å². The first-order valence-electron chi connectivity index (χ1n) is 9.13. The molecule has 1 atom stereocenters. The van der Waals surface area contributed by atoms with Gasteiger partial charge in [-0.15, -0.1) is 0 Å². The Morgan fingerprint density at radius 1 is 1.32 bits per heavy atom. The minimum absolute atomic E-state index is 0.0856. The lowest BCUT2D eigenvalue weighted by Gasteiger charge is -2.16. The highest BCUT2D eigenvalue weighted by Crippen LogP contribution is 2.26. The third kappa shape index (κ3) is 7.05. The Labute approximate surface area is 163 Å². The second-order valence-corrected chi connectivity index (χ2v) is 6.26. The zero-order chi connectivity index (χ0) is 20.4. The van der Waals surface area contributed by atoms with Crippen LogP contribution in [0.5, 0.6) is 11.5 Å². The molecular weight excluding hydrogens is 368 g/mol. The first kappa shape index (κ1) is 21.5. The lowest BCUT2D eigenvalue weighted by Crippen LogP contribution is -2.40. The van der Waals surface area contributed by atoms with E-state index in [-0.39, 0.29) is 12.3 Å². The number of rotatable bonds is 10. The van der Waals surface area contributed by atoms with E-state index in [1.807, 2.05) is 23.9 Å². The van der Waals surface area contributed by atoms with Gasteiger partial charge in [0, 0.05) is 37.6 Å². The molecule has 28 heavy (non-hydrogen) atoms. The van der Waals surface area contributed by atoms with Crippen molar-refractivity contribution >= 4 is 5.96 Å². The van der Waals surface area contributed by atoms with Crippen LogP contribution in [0, 0.1) is 5.92 Å². The van der Waals surface area contributed by atoms with E-state index >= 15 is 0 Å². The molecule has 1 aromatic carbocycles. The third-order valence-corrected chi connectivity index (χ3v) is 3.91. The minimum Gasteiger partial charge on any atom is -0.497 e. The lowest BCUT2D eigenvalue weighted by molar-refractivity contribution is -0.0504. The van der Waals surface area contributed by atoms with Crippen LogP contribution in [0.4, 0.5) is 8.78 Å². The zero-order valence-electron chi connectivity index (χ0n) is 16.4. The maximum Gasteiger partial charge on any atom is 0.387 e. The molecule has 0 bridgehead atoms. The highest BCUT2D eigenvalue weighted by molar-refractivity contribution is 5.79. The van der Waals surface area contributed by atoms with Crippen LogP contribution in [0.1, 0.15) is 19.4 Å². The number of guanidine groups is 1. The topological polar surface area (TPSA) is 72.7 Å². The molecule has 0 amide bonds. The molecule has 0 saturated carbocycles. The van der Waals surface area contributed by atoms with Crippen molar-refractivity contribution in [3.05, 3.63) is 42.2 Å². The van der Waals surface area contributed by atoms with Crippen LogP contribution in [0.15, 0.2) is 41.7 Å². The third-order valence-electron chi connectivity index (χ3n) is 3.91. The quantitative estimate of drug-likeness (QED) is 0.478. The van der Waals surface area contributed by atoms with Gasteiger partial charge < -0.3 is 20.1 Å². The van der Waals surface area contributed by atoms with Crippen LogP contribution in [0.25, 0.3) is 0 Å². The number of ether oxygens (including phenoxy) is 2. The Morgan fingerprint density at radius 2 is 2.14 bits per heavy atom. The fraction of sp³-hybridized carbons (Fsp3) is 0.474. The number of alkyl halides is 2. The average Bonchev–Trinajstić information content (AvgIpc) is 3.17. The standard InChI is InChI=1S/C19H27F2N5O2/c1-4-22-19(23-11-14(2)13-26-9-5-8-25-26)24-12-15-10-16(27-3)6-7-17(15)28-18(20)21/h5-10,14,18H,4,11-13H2,1-3H3,(H2,22,23,24). The second-order valence-electron chi connectivity index (χ2n) is 6.26. The number of halogens is 2. The summed E-state index contributed by atoms with van der Waals surface area (Å²) in [7, 11) is 1.52. The predicted octanol–water partition coefficient (Wildman–Crippen LogP) is 2.88. The molecule has 1 unspecified atom stereocenters. The van der Waals surface area contributed by atoms with Crippen molar-refractivity contribution in [1.82, 2.24) is 20.4 Å². The molecule has 1 aromatic heterocycles. The number of hydrogen-bond donors (Lipinski definition) is 2. The van der Waals surface area contributed by atoms with Crippen LogP contribution in [0.2, 0.25) is 0 Å². The van der Waals surface area contributed by atoms with Crippen molar-refractivity contribution in [2.75, 3.05) is 20.2 Å². The normalized spacial score (nSPS) is 12.7. The number of methoxy groups -OCH3 is 1. The van der Waals surface area contributed by atoms with E-state index in [0.29, 0.717) is 36.3 Å². The molecule has 0 aliphatic carbocycles. The van der Waals surface area contributed by atoms with E-state index in [9.17, 15) is 8.78 Å². The summed E-state index contributed by atoms with van der Waals surface area (Å²) in [6.45, 7) is 3.48. The van der Waals surface area contributed by atoms with Gasteiger partial charge in [-0.1, -0.05) is 6.92 Å². The molecule has 1 heterocycles. The summed E-state index contributed by atoms with van der Waals surface area (Å²) in [5, 5.41) is 10.6. The van der Waals surface area contributed by atoms with E-state index in [4.69, 9.17) is 4.74 Å². The maximum absolute atomic E-state index is 12.6. The molecule has 9 heteroatoms. The smallest absolute Gasteiger partial charge is 0.387 e. The molecule has 0 fully saturated rings. The van der Waals surface area contributed by atoms with E-state index < -0.39 is 6.61 Å². The van der Waals surface area contributed by atoms with Crippen LogP contribution < -0.4 is 20.1 Å². The van der Waals surface area contributed by atoms with Gasteiger partial charge in [-0.3, -0.25) is 4.68 Å². The molecule has 0 spiro atoms. The van der Waals surface area contributed by atoms with E-state index in [1.165, 1.54) is 13.2 Å². The van der Waals surface area contributed by atoms with Gasteiger partial charge in [0.25, 0.3) is 0 Å². The Morgan fingerprint density at radius 3 is 2.79 bits per heavy atom.